The smallest absolute Gasteiger partial charge is 0.248 e. The summed E-state index contributed by atoms with van der Waals surface area (Å²) < 4.78 is 11.0. The molecule has 44 heavy (non-hydrogen) atoms. The minimum atomic E-state index is -0.655. The Morgan fingerprint density at radius 2 is 1.73 bits per heavy atom. The average molecular weight is 653 g/mol. The first-order valence-corrected chi connectivity index (χ1v) is 15.0. The van der Waals surface area contributed by atoms with Crippen molar-refractivity contribution in [2.75, 3.05) is 62.9 Å². The first-order valence-electron chi connectivity index (χ1n) is 14.0. The van der Waals surface area contributed by atoms with Gasteiger partial charge in [-0.05, 0) is 31.9 Å². The second kappa shape index (κ2) is 16.5. The van der Waals surface area contributed by atoms with Gasteiger partial charge in [0.1, 0.15) is 11.9 Å². The lowest BCUT2D eigenvalue weighted by Gasteiger charge is -2.34. The lowest BCUT2D eigenvalue weighted by molar-refractivity contribution is -0.139. The summed E-state index contributed by atoms with van der Waals surface area (Å²) >= 11 is 1.11. The number of thioether (sulfide) groups is 1. The maximum atomic E-state index is 13.7. The van der Waals surface area contributed by atoms with Crippen LogP contribution in [0.15, 0.2) is 24.3 Å². The fourth-order valence-electron chi connectivity index (χ4n) is 5.15. The predicted molar refractivity (Wildman–Crippen MR) is 173 cm³/mol. The van der Waals surface area contributed by atoms with E-state index in [1.165, 1.54) is 21.1 Å². The molecule has 2 atom stereocenters. The molecule has 0 bridgehead atoms. The van der Waals surface area contributed by atoms with Gasteiger partial charge in [-0.3, -0.25) is 19.2 Å². The molecule has 1 aromatic heterocycles. The molecule has 13 nitrogen and oxygen atoms in total. The van der Waals surface area contributed by atoms with Crippen LogP contribution in [0.25, 0.3) is 10.9 Å². The standard InChI is InChI=1S/C29H38N6O6S.ClH.H2O/c1-6-8-25(37)33-11-13-34(14-12-33)29-30-21-16-24(41-5)23(40-4)15-20(21)26(32-29)31-27(38)22-9-7-10-35(22)28(39)18(2)17-42-19(3)36;;/h6,8,15-16,18,22H,7,9-14,17H2,1-5H3,(H,30,31,32,38);1H;1H2/b8-6+;;/t18?,22-;;/m0../s1. The van der Waals surface area contributed by atoms with Crippen molar-refractivity contribution in [3.63, 3.8) is 0 Å². The molecule has 1 aromatic carbocycles. The number of likely N-dealkylation sites (tertiary alicyclic amines) is 1. The Balaban J connectivity index is 0.00000337. The van der Waals surface area contributed by atoms with E-state index in [9.17, 15) is 19.2 Å². The molecule has 242 valence electrons. The predicted octanol–water partition coefficient (Wildman–Crippen LogP) is 2.31. The zero-order valence-electron chi connectivity index (χ0n) is 25.6. The second-order valence-electron chi connectivity index (χ2n) is 10.3. The number of anilines is 2. The number of rotatable bonds is 9. The Morgan fingerprint density at radius 1 is 1.07 bits per heavy atom. The van der Waals surface area contributed by atoms with Crippen LogP contribution in [0.1, 0.15) is 33.6 Å². The summed E-state index contributed by atoms with van der Waals surface area (Å²) in [7, 11) is 3.07. The van der Waals surface area contributed by atoms with Crippen molar-refractivity contribution in [1.29, 1.82) is 0 Å². The van der Waals surface area contributed by atoms with Gasteiger partial charge in [-0.15, -0.1) is 12.4 Å². The number of carbonyl (C=O) groups is 4. The molecule has 2 aliphatic rings. The molecule has 0 spiro atoms. The second-order valence-corrected chi connectivity index (χ2v) is 11.5. The fraction of sp³-hybridized carbons (Fsp3) is 0.517. The van der Waals surface area contributed by atoms with Crippen molar-refractivity contribution in [3.8, 4) is 11.5 Å². The number of hydrogen-bond donors (Lipinski definition) is 1. The summed E-state index contributed by atoms with van der Waals surface area (Å²) in [5.41, 5.74) is 0.551. The van der Waals surface area contributed by atoms with Crippen LogP contribution in [0.2, 0.25) is 0 Å². The van der Waals surface area contributed by atoms with Crippen LogP contribution in [-0.4, -0.2) is 107 Å². The van der Waals surface area contributed by atoms with Crippen molar-refractivity contribution in [2.45, 2.75) is 39.7 Å². The molecule has 2 aliphatic heterocycles. The number of nitrogens with zero attached hydrogens (tertiary/aromatic N) is 5. The van der Waals surface area contributed by atoms with Gasteiger partial charge in [0.15, 0.2) is 16.6 Å². The first-order chi connectivity index (χ1) is 20.2. The highest BCUT2D eigenvalue weighted by molar-refractivity contribution is 8.13. The molecule has 2 saturated heterocycles. The molecule has 2 aromatic rings. The molecule has 15 heteroatoms. The molecular weight excluding hydrogens is 612 g/mol. The van der Waals surface area contributed by atoms with Crippen LogP contribution < -0.4 is 19.7 Å². The average Bonchev–Trinajstić information content (AvgIpc) is 3.49. The number of carbonyl (C=O) groups excluding carboxylic acids is 4. The highest BCUT2D eigenvalue weighted by Crippen LogP contribution is 2.35. The molecule has 2 fully saturated rings. The van der Waals surface area contributed by atoms with E-state index >= 15 is 0 Å². The van der Waals surface area contributed by atoms with Crippen LogP contribution in [0.5, 0.6) is 11.5 Å². The van der Waals surface area contributed by atoms with E-state index in [4.69, 9.17) is 19.4 Å². The monoisotopic (exact) mass is 652 g/mol. The SMILES string of the molecule is C/C=C/C(=O)N1CCN(c2nc(NC(=O)[C@@H]3CCCN3C(=O)C(C)CSC(C)=O)c3cc(OC)c(OC)cc3n2)CC1.Cl.O. The van der Waals surface area contributed by atoms with E-state index in [1.54, 1.807) is 41.0 Å². The summed E-state index contributed by atoms with van der Waals surface area (Å²) in [5, 5.41) is 3.49. The van der Waals surface area contributed by atoms with Crippen LogP contribution in [-0.2, 0) is 19.2 Å². The van der Waals surface area contributed by atoms with Gasteiger partial charge < -0.3 is 35.0 Å². The normalized spacial score (nSPS) is 17.1. The zero-order chi connectivity index (χ0) is 30.4. The maximum Gasteiger partial charge on any atom is 0.248 e. The highest BCUT2D eigenvalue weighted by atomic mass is 35.5. The van der Waals surface area contributed by atoms with Gasteiger partial charge in [0.05, 0.1) is 19.7 Å². The van der Waals surface area contributed by atoms with Crippen LogP contribution in [0.3, 0.4) is 0 Å². The Hall–Kier alpha value is -3.62. The number of amides is 3. The van der Waals surface area contributed by atoms with Crippen LogP contribution in [0.4, 0.5) is 11.8 Å². The van der Waals surface area contributed by atoms with Crippen molar-refractivity contribution in [2.24, 2.45) is 5.92 Å². The molecule has 0 saturated carbocycles. The number of halogens is 1. The molecule has 1 unspecified atom stereocenters. The van der Waals surface area contributed by atoms with Crippen LogP contribution in [0, 0.1) is 5.92 Å². The number of benzene rings is 1. The lowest BCUT2D eigenvalue weighted by atomic mass is 10.1. The fourth-order valence-corrected chi connectivity index (χ4v) is 5.78. The van der Waals surface area contributed by atoms with Crippen molar-refractivity contribution in [3.05, 3.63) is 24.3 Å². The molecule has 3 N–H and O–H groups in total. The topological polar surface area (TPSA) is 166 Å². The quantitative estimate of drug-likeness (QED) is 0.397. The molecule has 3 amide bonds. The Kier molecular flexibility index (Phi) is 13.7. The molecular formula is C29H41ClN6O7S. The molecule has 0 radical (unpaired) electrons. The van der Waals surface area contributed by atoms with E-state index in [1.807, 2.05) is 11.8 Å². The van der Waals surface area contributed by atoms with E-state index in [-0.39, 0.29) is 40.7 Å². The van der Waals surface area contributed by atoms with Crippen molar-refractivity contribution >= 4 is 69.7 Å². The number of allylic oxidation sites excluding steroid dienone is 1. The third-order valence-corrected chi connectivity index (χ3v) is 8.48. The van der Waals surface area contributed by atoms with Gasteiger partial charge in [-0.1, -0.05) is 24.8 Å². The van der Waals surface area contributed by atoms with Crippen LogP contribution >= 0.6 is 24.2 Å². The summed E-state index contributed by atoms with van der Waals surface area (Å²) in [4.78, 5) is 65.4. The minimum absolute atomic E-state index is 0. The van der Waals surface area contributed by atoms with Gasteiger partial charge in [0, 0.05) is 62.8 Å². The van der Waals surface area contributed by atoms with E-state index < -0.39 is 12.0 Å². The number of ether oxygens (including phenoxy) is 2. The Bertz CT molecular complexity index is 1390. The number of aromatic nitrogens is 2. The number of fused-ring (bicyclic) bond motifs is 1. The largest absolute Gasteiger partial charge is 0.493 e. The number of piperazine rings is 1. The van der Waals surface area contributed by atoms with E-state index in [0.29, 0.717) is 85.5 Å². The van der Waals surface area contributed by atoms with Gasteiger partial charge in [-0.25, -0.2) is 4.98 Å². The molecule has 4 rings (SSSR count). The number of nitrogens with one attached hydrogen (secondary N) is 1. The highest BCUT2D eigenvalue weighted by Gasteiger charge is 2.36. The van der Waals surface area contributed by atoms with Crippen molar-refractivity contribution < 1.29 is 34.1 Å². The Labute approximate surface area is 267 Å². The maximum absolute atomic E-state index is 13.7. The molecule has 3 heterocycles. The third-order valence-electron chi connectivity index (χ3n) is 7.41. The van der Waals surface area contributed by atoms with Gasteiger partial charge >= 0.3 is 0 Å². The van der Waals surface area contributed by atoms with E-state index in [2.05, 4.69) is 5.32 Å². The summed E-state index contributed by atoms with van der Waals surface area (Å²) in [6.07, 6.45) is 4.50. The summed E-state index contributed by atoms with van der Waals surface area (Å²) in [5.74, 6) is 1.11. The van der Waals surface area contributed by atoms with Crippen molar-refractivity contribution in [1.82, 2.24) is 19.8 Å². The summed E-state index contributed by atoms with van der Waals surface area (Å²) in [6.45, 7) is 7.61. The Morgan fingerprint density at radius 3 is 2.34 bits per heavy atom. The zero-order valence-corrected chi connectivity index (χ0v) is 27.3. The third kappa shape index (κ3) is 8.30. The number of hydrogen-bond acceptors (Lipinski definition) is 10. The first kappa shape index (κ1) is 36.6. The molecule has 0 aliphatic carbocycles. The number of methoxy groups -OCH3 is 2. The van der Waals surface area contributed by atoms with Gasteiger partial charge in [0.25, 0.3) is 0 Å². The van der Waals surface area contributed by atoms with Gasteiger partial charge in [0.2, 0.25) is 23.7 Å². The van der Waals surface area contributed by atoms with E-state index in [0.717, 1.165) is 11.8 Å². The minimum Gasteiger partial charge on any atom is -0.493 e. The summed E-state index contributed by atoms with van der Waals surface area (Å²) in [6, 6.07) is 2.80. The lowest BCUT2D eigenvalue weighted by Crippen LogP contribution is -2.49. The van der Waals surface area contributed by atoms with Gasteiger partial charge in [-0.2, -0.15) is 4.98 Å².